The number of nitrogens with one attached hydrogen (secondary N) is 1. The minimum absolute atomic E-state index is 0.342. The van der Waals surface area contributed by atoms with Crippen molar-refractivity contribution in [1.82, 2.24) is 4.98 Å². The average Bonchev–Trinajstić information content (AvgIpc) is 2.79. The smallest absolute Gasteiger partial charge is 0.352 e. The van der Waals surface area contributed by atoms with Crippen LogP contribution in [0.5, 0.6) is 0 Å². The van der Waals surface area contributed by atoms with E-state index in [1.54, 1.807) is 14.0 Å². The van der Waals surface area contributed by atoms with Crippen LogP contribution in [-0.2, 0) is 16.0 Å². The van der Waals surface area contributed by atoms with E-state index in [2.05, 4.69) is 9.98 Å². The summed E-state index contributed by atoms with van der Waals surface area (Å²) >= 11 is 0. The summed E-state index contributed by atoms with van der Waals surface area (Å²) in [5.41, 5.74) is 2.56. The molecular weight excluding hydrogens is 228 g/mol. The first-order valence-electron chi connectivity index (χ1n) is 5.94. The van der Waals surface area contributed by atoms with Crippen LogP contribution in [0.2, 0.25) is 0 Å². The predicted molar refractivity (Wildman–Crippen MR) is 72.0 cm³/mol. The fourth-order valence-electron chi connectivity index (χ4n) is 1.92. The zero-order chi connectivity index (χ0) is 13.0. The van der Waals surface area contributed by atoms with E-state index in [1.807, 2.05) is 30.5 Å². The molecule has 2 rings (SSSR count). The van der Waals surface area contributed by atoms with Gasteiger partial charge in [0.15, 0.2) is 0 Å². The maximum absolute atomic E-state index is 11.7. The van der Waals surface area contributed by atoms with Crippen molar-refractivity contribution in [3.63, 3.8) is 0 Å². The lowest BCUT2D eigenvalue weighted by molar-refractivity contribution is -0.135. The average molecular weight is 244 g/mol. The normalized spacial score (nSPS) is 11.8. The van der Waals surface area contributed by atoms with Gasteiger partial charge in [-0.3, -0.25) is 4.99 Å². The topological polar surface area (TPSA) is 54.5 Å². The molecule has 2 aromatic rings. The highest BCUT2D eigenvalue weighted by atomic mass is 16.5. The van der Waals surface area contributed by atoms with Gasteiger partial charge in [-0.15, -0.1) is 0 Å². The second-order valence-electron chi connectivity index (χ2n) is 3.93. The Morgan fingerprint density at radius 3 is 2.89 bits per heavy atom. The molecule has 1 N–H and O–H groups in total. The number of carbonyl (C=O) groups excluding carboxylic acids is 1. The van der Waals surface area contributed by atoms with E-state index in [0.29, 0.717) is 18.7 Å². The second-order valence-corrected chi connectivity index (χ2v) is 3.93. The third-order valence-electron chi connectivity index (χ3n) is 2.81. The lowest BCUT2D eigenvalue weighted by Crippen LogP contribution is -2.19. The first-order chi connectivity index (χ1) is 8.76. The quantitative estimate of drug-likeness (QED) is 0.663. The largest absolute Gasteiger partial charge is 0.462 e. The number of ether oxygens (including phenoxy) is 1. The molecule has 0 aliphatic heterocycles. The Bertz CT molecular complexity index is 584. The van der Waals surface area contributed by atoms with Crippen LogP contribution in [0.15, 0.2) is 35.5 Å². The molecule has 1 heterocycles. The van der Waals surface area contributed by atoms with Crippen molar-refractivity contribution >= 4 is 22.6 Å². The van der Waals surface area contributed by atoms with Crippen LogP contribution in [-0.4, -0.2) is 30.3 Å². The van der Waals surface area contributed by atoms with Gasteiger partial charge in [0.2, 0.25) is 0 Å². The van der Waals surface area contributed by atoms with Crippen molar-refractivity contribution in [2.24, 2.45) is 4.99 Å². The molecule has 18 heavy (non-hydrogen) atoms. The summed E-state index contributed by atoms with van der Waals surface area (Å²) in [4.78, 5) is 18.9. The highest BCUT2D eigenvalue weighted by Gasteiger charge is 2.14. The van der Waals surface area contributed by atoms with Crippen molar-refractivity contribution in [1.29, 1.82) is 0 Å². The Labute approximate surface area is 106 Å². The second kappa shape index (κ2) is 5.49. The van der Waals surface area contributed by atoms with Crippen molar-refractivity contribution in [2.45, 2.75) is 13.3 Å². The molecule has 94 valence electrons. The Morgan fingerprint density at radius 2 is 2.17 bits per heavy atom. The summed E-state index contributed by atoms with van der Waals surface area (Å²) in [7, 11) is 1.61. The zero-order valence-corrected chi connectivity index (χ0v) is 10.6. The van der Waals surface area contributed by atoms with Crippen molar-refractivity contribution in [3.8, 4) is 0 Å². The van der Waals surface area contributed by atoms with Crippen LogP contribution >= 0.6 is 0 Å². The van der Waals surface area contributed by atoms with Gasteiger partial charge in [0, 0.05) is 30.6 Å². The van der Waals surface area contributed by atoms with Gasteiger partial charge >= 0.3 is 5.97 Å². The molecule has 0 bridgehead atoms. The van der Waals surface area contributed by atoms with Gasteiger partial charge in [-0.25, -0.2) is 4.79 Å². The number of nitrogens with zero attached hydrogens (tertiary/aromatic N) is 1. The Hall–Kier alpha value is -2.10. The third kappa shape index (κ3) is 2.42. The van der Waals surface area contributed by atoms with E-state index in [-0.39, 0.29) is 5.97 Å². The van der Waals surface area contributed by atoms with Crippen molar-refractivity contribution < 1.29 is 9.53 Å². The first kappa shape index (κ1) is 12.4. The minimum atomic E-state index is -0.342. The molecular formula is C14H16N2O2. The molecule has 0 spiro atoms. The standard InChI is InChI=1S/C14H16N2O2/c1-3-18-14(17)13(15-2)8-10-9-16-12-7-5-4-6-11(10)12/h4-7,9,16H,3,8H2,1-2H3/b15-13+. The van der Waals surface area contributed by atoms with Crippen LogP contribution in [0, 0.1) is 0 Å². The van der Waals surface area contributed by atoms with Gasteiger partial charge in [-0.05, 0) is 18.6 Å². The van der Waals surface area contributed by atoms with Crippen LogP contribution in [0.4, 0.5) is 0 Å². The van der Waals surface area contributed by atoms with Gasteiger partial charge in [0.05, 0.1) is 6.61 Å². The number of aromatic nitrogens is 1. The number of hydrogen-bond acceptors (Lipinski definition) is 3. The molecule has 4 nitrogen and oxygen atoms in total. The van der Waals surface area contributed by atoms with E-state index in [9.17, 15) is 4.79 Å². The van der Waals surface area contributed by atoms with Gasteiger partial charge in [-0.1, -0.05) is 18.2 Å². The number of aromatic amines is 1. The van der Waals surface area contributed by atoms with E-state index >= 15 is 0 Å². The Kier molecular flexibility index (Phi) is 3.77. The monoisotopic (exact) mass is 244 g/mol. The lowest BCUT2D eigenvalue weighted by atomic mass is 10.1. The fraction of sp³-hybridized carbons (Fsp3) is 0.286. The molecule has 0 amide bonds. The summed E-state index contributed by atoms with van der Waals surface area (Å²) < 4.78 is 4.98. The van der Waals surface area contributed by atoms with E-state index in [4.69, 9.17) is 4.74 Å². The fourth-order valence-corrected chi connectivity index (χ4v) is 1.92. The molecule has 0 aliphatic carbocycles. The van der Waals surface area contributed by atoms with E-state index < -0.39 is 0 Å². The van der Waals surface area contributed by atoms with E-state index in [1.165, 1.54) is 0 Å². The number of para-hydroxylation sites is 1. The SMILES string of the molecule is CCOC(=O)/C(Cc1c[nH]c2ccccc12)=N/C. The molecule has 0 saturated carbocycles. The van der Waals surface area contributed by atoms with Gasteiger partial charge in [0.25, 0.3) is 0 Å². The number of aliphatic imine (C=N–C) groups is 1. The molecule has 1 aromatic heterocycles. The number of fused-ring (bicyclic) bond motifs is 1. The van der Waals surface area contributed by atoms with Crippen molar-refractivity contribution in [2.75, 3.05) is 13.7 Å². The number of benzene rings is 1. The predicted octanol–water partition coefficient (Wildman–Crippen LogP) is 2.34. The molecule has 0 unspecified atom stereocenters. The number of H-pyrrole nitrogens is 1. The number of hydrogen-bond donors (Lipinski definition) is 1. The number of esters is 1. The highest BCUT2D eigenvalue weighted by molar-refractivity contribution is 6.37. The zero-order valence-electron chi connectivity index (χ0n) is 10.6. The molecule has 0 radical (unpaired) electrons. The molecule has 0 saturated heterocycles. The maximum atomic E-state index is 11.7. The molecule has 4 heteroatoms. The van der Waals surface area contributed by atoms with Crippen molar-refractivity contribution in [3.05, 3.63) is 36.0 Å². The minimum Gasteiger partial charge on any atom is -0.462 e. The highest BCUT2D eigenvalue weighted by Crippen LogP contribution is 2.18. The lowest BCUT2D eigenvalue weighted by Gasteiger charge is -2.04. The van der Waals surface area contributed by atoms with E-state index in [0.717, 1.165) is 16.5 Å². The van der Waals surface area contributed by atoms with Gasteiger partial charge in [0.1, 0.15) is 5.71 Å². The Balaban J connectivity index is 2.25. The summed E-state index contributed by atoms with van der Waals surface area (Å²) in [6.45, 7) is 2.16. The number of carbonyl (C=O) groups is 1. The maximum Gasteiger partial charge on any atom is 0.352 e. The number of rotatable bonds is 4. The Morgan fingerprint density at radius 1 is 1.39 bits per heavy atom. The molecule has 0 aliphatic rings. The summed E-state index contributed by atoms with van der Waals surface area (Å²) in [6.07, 6.45) is 2.40. The van der Waals surface area contributed by atoms with Gasteiger partial charge in [-0.2, -0.15) is 0 Å². The summed E-state index contributed by atoms with van der Waals surface area (Å²) in [5.74, 6) is -0.342. The summed E-state index contributed by atoms with van der Waals surface area (Å²) in [5, 5.41) is 1.11. The summed E-state index contributed by atoms with van der Waals surface area (Å²) in [6, 6.07) is 7.99. The van der Waals surface area contributed by atoms with Crippen LogP contribution in [0.25, 0.3) is 10.9 Å². The first-order valence-corrected chi connectivity index (χ1v) is 5.94. The molecule has 1 aromatic carbocycles. The van der Waals surface area contributed by atoms with Gasteiger partial charge < -0.3 is 9.72 Å². The molecule has 0 fully saturated rings. The molecule has 0 atom stereocenters. The van der Waals surface area contributed by atoms with Crippen LogP contribution < -0.4 is 0 Å². The third-order valence-corrected chi connectivity index (χ3v) is 2.81. The van der Waals surface area contributed by atoms with Crippen LogP contribution in [0.3, 0.4) is 0 Å². The van der Waals surface area contributed by atoms with Crippen LogP contribution in [0.1, 0.15) is 12.5 Å².